The second-order valence-electron chi connectivity index (χ2n) is 6.92. The summed E-state index contributed by atoms with van der Waals surface area (Å²) in [5.41, 5.74) is 9.81. The van der Waals surface area contributed by atoms with Crippen LogP contribution in [0.5, 0.6) is 0 Å². The summed E-state index contributed by atoms with van der Waals surface area (Å²) in [4.78, 5) is 40.5. The third kappa shape index (κ3) is 2.28. The van der Waals surface area contributed by atoms with Crippen LogP contribution < -0.4 is 5.73 Å². The summed E-state index contributed by atoms with van der Waals surface area (Å²) in [5.74, 6) is -0.475. The molecule has 3 aliphatic rings. The van der Waals surface area contributed by atoms with Gasteiger partial charge in [-0.05, 0) is 49.5 Å². The van der Waals surface area contributed by atoms with Crippen molar-refractivity contribution in [1.29, 1.82) is 0 Å². The highest BCUT2D eigenvalue weighted by atomic mass is 16.7. The number of urea groups is 1. The van der Waals surface area contributed by atoms with Gasteiger partial charge in [-0.2, -0.15) is 0 Å². The highest BCUT2D eigenvalue weighted by Crippen LogP contribution is 2.63. The minimum Gasteiger partial charge on any atom is -0.349 e. The largest absolute Gasteiger partial charge is 0.349 e. The molecule has 1 spiro atoms. The van der Waals surface area contributed by atoms with Crippen molar-refractivity contribution in [3.63, 3.8) is 0 Å². The zero-order chi connectivity index (χ0) is 17.8. The molecule has 2 N–H and O–H groups in total. The van der Waals surface area contributed by atoms with Crippen LogP contribution in [0.2, 0.25) is 0 Å². The molecule has 0 aromatic rings. The Morgan fingerprint density at radius 1 is 1.38 bits per heavy atom. The van der Waals surface area contributed by atoms with E-state index in [1.54, 1.807) is 0 Å². The molecule has 6 heteroatoms. The van der Waals surface area contributed by atoms with Gasteiger partial charge in [0.05, 0.1) is 6.54 Å². The molecule has 0 radical (unpaired) electrons. The van der Waals surface area contributed by atoms with Gasteiger partial charge in [0.25, 0.3) is 0 Å². The van der Waals surface area contributed by atoms with Crippen LogP contribution in [-0.2, 0) is 14.4 Å². The number of Topliss-reactive ketones (excluding diaryl/α,β-unsaturated/α-hetero) is 1. The molecule has 0 heterocycles. The van der Waals surface area contributed by atoms with E-state index in [9.17, 15) is 14.4 Å². The first-order valence-electron chi connectivity index (χ1n) is 8.12. The van der Waals surface area contributed by atoms with E-state index in [1.807, 2.05) is 19.9 Å². The fourth-order valence-electron chi connectivity index (χ4n) is 4.02. The molecule has 1 atom stereocenters. The number of nitrogens with zero attached hydrogens (tertiary/aromatic N) is 1. The molecule has 128 valence electrons. The van der Waals surface area contributed by atoms with E-state index in [2.05, 4.69) is 6.92 Å². The lowest BCUT2D eigenvalue weighted by atomic mass is 9.70. The molecular formula is C18H22N2O4. The first-order valence-corrected chi connectivity index (χ1v) is 8.12. The second kappa shape index (κ2) is 5.33. The minimum absolute atomic E-state index is 0.0136. The van der Waals surface area contributed by atoms with Crippen LogP contribution in [0.3, 0.4) is 0 Å². The number of primary amides is 1. The maximum Gasteiger partial charge on any atom is 0.348 e. The molecule has 3 aliphatic carbocycles. The summed E-state index contributed by atoms with van der Waals surface area (Å²) in [6.45, 7) is 7.22. The Kier molecular flexibility index (Phi) is 3.66. The van der Waals surface area contributed by atoms with Crippen molar-refractivity contribution in [1.82, 2.24) is 5.06 Å². The van der Waals surface area contributed by atoms with Crippen molar-refractivity contribution in [2.45, 2.75) is 40.5 Å². The molecule has 24 heavy (non-hydrogen) atoms. The molecule has 2 amide bonds. The zero-order valence-electron chi connectivity index (χ0n) is 14.4. The Hall–Kier alpha value is -2.37. The van der Waals surface area contributed by atoms with Gasteiger partial charge >= 0.3 is 12.0 Å². The number of rotatable bonds is 2. The molecule has 1 fully saturated rings. The summed E-state index contributed by atoms with van der Waals surface area (Å²) in [7, 11) is 0. The third-order valence-electron chi connectivity index (χ3n) is 5.59. The summed E-state index contributed by atoms with van der Waals surface area (Å²) < 4.78 is 0. The Labute approximate surface area is 141 Å². The first-order chi connectivity index (χ1) is 11.2. The van der Waals surface area contributed by atoms with Gasteiger partial charge in [-0.1, -0.05) is 12.5 Å². The van der Waals surface area contributed by atoms with Crippen LogP contribution in [-0.4, -0.2) is 29.4 Å². The van der Waals surface area contributed by atoms with Crippen LogP contribution in [0.25, 0.3) is 0 Å². The van der Waals surface area contributed by atoms with Crippen molar-refractivity contribution < 1.29 is 19.2 Å². The van der Waals surface area contributed by atoms with Crippen LogP contribution in [0.15, 0.2) is 33.9 Å². The molecule has 0 aliphatic heterocycles. The Morgan fingerprint density at radius 2 is 2.00 bits per heavy atom. The number of hydroxylamine groups is 2. The molecule has 0 aromatic heterocycles. The van der Waals surface area contributed by atoms with E-state index in [0.717, 1.165) is 34.6 Å². The predicted octanol–water partition coefficient (Wildman–Crippen LogP) is 2.42. The fraction of sp³-hybridized carbons (Fsp3) is 0.500. The average Bonchev–Trinajstić information content (AvgIpc) is 3.23. The number of allylic oxidation sites excluding steroid dienone is 4. The van der Waals surface area contributed by atoms with Gasteiger partial charge in [0.1, 0.15) is 0 Å². The molecule has 0 bridgehead atoms. The third-order valence-corrected chi connectivity index (χ3v) is 5.59. The summed E-state index contributed by atoms with van der Waals surface area (Å²) >= 11 is 0. The number of ketones is 1. The quantitative estimate of drug-likeness (QED) is 0.787. The molecule has 3 rings (SSSR count). The van der Waals surface area contributed by atoms with Gasteiger partial charge in [-0.3, -0.25) is 9.59 Å². The average molecular weight is 330 g/mol. The van der Waals surface area contributed by atoms with Crippen molar-refractivity contribution in [3.8, 4) is 0 Å². The van der Waals surface area contributed by atoms with Crippen LogP contribution >= 0.6 is 0 Å². The number of hydrogen-bond donors (Lipinski definition) is 1. The van der Waals surface area contributed by atoms with Crippen LogP contribution in [0.1, 0.15) is 40.5 Å². The van der Waals surface area contributed by atoms with E-state index in [-0.39, 0.29) is 23.7 Å². The van der Waals surface area contributed by atoms with Crippen LogP contribution in [0.4, 0.5) is 4.79 Å². The Morgan fingerprint density at radius 3 is 2.50 bits per heavy atom. The maximum absolute atomic E-state index is 12.8. The van der Waals surface area contributed by atoms with E-state index in [1.165, 1.54) is 12.5 Å². The van der Waals surface area contributed by atoms with Gasteiger partial charge in [0, 0.05) is 23.8 Å². The van der Waals surface area contributed by atoms with Crippen molar-refractivity contribution >= 4 is 17.8 Å². The maximum atomic E-state index is 12.8. The topological polar surface area (TPSA) is 89.7 Å². The molecule has 0 saturated heterocycles. The number of hydrogen-bond acceptors (Lipinski definition) is 4. The summed E-state index contributed by atoms with van der Waals surface area (Å²) in [6, 6.07) is -0.839. The molecule has 6 nitrogen and oxygen atoms in total. The van der Waals surface area contributed by atoms with E-state index in [0.29, 0.717) is 5.57 Å². The Balaban J connectivity index is 2.00. The number of carbonyl (C=O) groups is 3. The molecule has 1 saturated carbocycles. The monoisotopic (exact) mass is 330 g/mol. The molecular weight excluding hydrogens is 308 g/mol. The van der Waals surface area contributed by atoms with Crippen molar-refractivity contribution in [2.75, 3.05) is 6.54 Å². The van der Waals surface area contributed by atoms with Crippen LogP contribution in [0, 0.1) is 11.3 Å². The molecule has 1 unspecified atom stereocenters. The minimum atomic E-state index is -0.839. The fourth-order valence-corrected chi connectivity index (χ4v) is 4.02. The van der Waals surface area contributed by atoms with Crippen molar-refractivity contribution in [3.05, 3.63) is 33.9 Å². The smallest absolute Gasteiger partial charge is 0.348 e. The first kappa shape index (κ1) is 16.5. The molecule has 0 aromatic carbocycles. The van der Waals surface area contributed by atoms with Gasteiger partial charge in [0.2, 0.25) is 0 Å². The SMILES string of the molecule is CC(=O)ON(CC1=C(C)C=C2C(=O)C(C)C3(CC3)C(C)=C21)C(N)=O. The number of nitrogens with two attached hydrogens (primary N) is 1. The van der Waals surface area contributed by atoms with E-state index >= 15 is 0 Å². The Bertz CT molecular complexity index is 753. The number of carbonyl (C=O) groups excluding carboxylic acids is 3. The number of fused-ring (bicyclic) bond motifs is 1. The summed E-state index contributed by atoms with van der Waals surface area (Å²) in [6.07, 6.45) is 3.89. The highest BCUT2D eigenvalue weighted by molar-refractivity contribution is 6.07. The van der Waals surface area contributed by atoms with Gasteiger partial charge in [-0.25, -0.2) is 4.79 Å². The summed E-state index contributed by atoms with van der Waals surface area (Å²) in [5, 5.41) is 0.848. The lowest BCUT2D eigenvalue weighted by Gasteiger charge is -2.33. The van der Waals surface area contributed by atoms with Crippen molar-refractivity contribution in [2.24, 2.45) is 17.1 Å². The predicted molar refractivity (Wildman–Crippen MR) is 87.4 cm³/mol. The zero-order valence-corrected chi connectivity index (χ0v) is 14.4. The normalized spacial score (nSPS) is 24.1. The second-order valence-corrected chi connectivity index (χ2v) is 6.92. The van der Waals surface area contributed by atoms with Gasteiger partial charge in [-0.15, -0.1) is 5.06 Å². The number of amides is 2. The van der Waals surface area contributed by atoms with E-state index in [4.69, 9.17) is 10.6 Å². The van der Waals surface area contributed by atoms with E-state index < -0.39 is 12.0 Å². The lowest BCUT2D eigenvalue weighted by molar-refractivity contribution is -0.171. The van der Waals surface area contributed by atoms with Gasteiger partial charge < -0.3 is 10.6 Å². The standard InChI is InChI=1S/C18H22N2O4/c1-9-7-13-15(10(2)18(5-6-18)11(3)16(13)22)14(9)8-20(17(19)23)24-12(4)21/h7,11H,5-6,8H2,1-4H3,(H2,19,23). The highest BCUT2D eigenvalue weighted by Gasteiger charge is 2.56. The lowest BCUT2D eigenvalue weighted by Crippen LogP contribution is -2.39. The van der Waals surface area contributed by atoms with Gasteiger partial charge in [0.15, 0.2) is 5.78 Å².